The number of hydrogen-bond donors (Lipinski definition) is 0. The van der Waals surface area contributed by atoms with E-state index in [1.54, 1.807) is 6.34 Å². The van der Waals surface area contributed by atoms with Gasteiger partial charge < -0.3 is 9.42 Å². The lowest BCUT2D eigenvalue weighted by atomic mass is 10.5. The normalized spacial score (nSPS) is 11.0. The molecule has 72 valence electrons. The summed E-state index contributed by atoms with van der Waals surface area (Å²) >= 11 is 0. The summed E-state index contributed by atoms with van der Waals surface area (Å²) in [5.74, 6) is 1.30. The molecule has 0 aliphatic carbocycles. The van der Waals surface area contributed by atoms with Crippen LogP contribution in [0.2, 0.25) is 0 Å². The molecule has 0 atom stereocenters. The molecule has 0 aliphatic rings. The van der Waals surface area contributed by atoms with Gasteiger partial charge in [0.15, 0.2) is 5.82 Å². The third-order valence-corrected chi connectivity index (χ3v) is 1.37. The summed E-state index contributed by atoms with van der Waals surface area (Å²) in [6.07, 6.45) is 2.51. The second kappa shape index (κ2) is 4.59. The maximum Gasteiger partial charge on any atom is 0.248 e. The van der Waals surface area contributed by atoms with Crippen molar-refractivity contribution in [3.63, 3.8) is 0 Å². The van der Waals surface area contributed by atoms with Gasteiger partial charge in [-0.2, -0.15) is 4.98 Å². The van der Waals surface area contributed by atoms with Gasteiger partial charge in [-0.05, 0) is 0 Å². The number of aryl methyl sites for hydroxylation is 1. The number of aromatic nitrogens is 2. The quantitative estimate of drug-likeness (QED) is 0.508. The Balaban J connectivity index is 2.45. The van der Waals surface area contributed by atoms with Crippen molar-refractivity contribution >= 4 is 6.34 Å². The molecule has 1 heterocycles. The summed E-state index contributed by atoms with van der Waals surface area (Å²) < 4.78 is 4.94. The SMILES string of the molecule is CCc1noc(CN=CN(C)C)n1. The number of aliphatic imine (C=N–C) groups is 1. The molecule has 0 N–H and O–H groups in total. The molecular weight excluding hydrogens is 168 g/mol. The first kappa shape index (κ1) is 9.70. The Hall–Kier alpha value is -1.39. The predicted molar refractivity (Wildman–Crippen MR) is 49.6 cm³/mol. The van der Waals surface area contributed by atoms with Gasteiger partial charge in [0.1, 0.15) is 6.54 Å². The van der Waals surface area contributed by atoms with Gasteiger partial charge in [0, 0.05) is 20.5 Å². The van der Waals surface area contributed by atoms with Gasteiger partial charge in [0.05, 0.1) is 6.34 Å². The maximum absolute atomic E-state index is 4.94. The van der Waals surface area contributed by atoms with E-state index in [0.717, 1.165) is 12.2 Å². The van der Waals surface area contributed by atoms with E-state index in [2.05, 4.69) is 15.1 Å². The minimum Gasteiger partial charge on any atom is -0.369 e. The highest BCUT2D eigenvalue weighted by Crippen LogP contribution is 1.98. The maximum atomic E-state index is 4.94. The Bertz CT molecular complexity index is 279. The second-order valence-corrected chi connectivity index (χ2v) is 2.88. The van der Waals surface area contributed by atoms with Crippen molar-refractivity contribution in [3.05, 3.63) is 11.7 Å². The molecule has 5 heteroatoms. The average Bonchev–Trinajstić information content (AvgIpc) is 2.52. The Labute approximate surface area is 77.5 Å². The standard InChI is InChI=1S/C8H14N4O/c1-4-7-10-8(13-11-7)5-9-6-12(2)3/h6H,4-5H2,1-3H3. The van der Waals surface area contributed by atoms with Crippen LogP contribution in [-0.2, 0) is 13.0 Å². The molecule has 1 aromatic heterocycles. The highest BCUT2D eigenvalue weighted by Gasteiger charge is 2.01. The molecule has 0 radical (unpaired) electrons. The molecule has 0 aromatic carbocycles. The summed E-state index contributed by atoms with van der Waals surface area (Å²) in [5, 5.41) is 3.76. The predicted octanol–water partition coefficient (Wildman–Crippen LogP) is 0.722. The van der Waals surface area contributed by atoms with E-state index in [4.69, 9.17) is 4.52 Å². The largest absolute Gasteiger partial charge is 0.369 e. The Morgan fingerprint density at radius 1 is 1.54 bits per heavy atom. The van der Waals surface area contributed by atoms with Crippen LogP contribution in [0, 0.1) is 0 Å². The van der Waals surface area contributed by atoms with Crippen molar-refractivity contribution in [2.45, 2.75) is 19.9 Å². The van der Waals surface area contributed by atoms with E-state index in [9.17, 15) is 0 Å². The summed E-state index contributed by atoms with van der Waals surface area (Å²) in [4.78, 5) is 10.1. The van der Waals surface area contributed by atoms with Crippen molar-refractivity contribution in [2.75, 3.05) is 14.1 Å². The van der Waals surface area contributed by atoms with Gasteiger partial charge >= 0.3 is 0 Å². The van der Waals surface area contributed by atoms with E-state index in [-0.39, 0.29) is 0 Å². The second-order valence-electron chi connectivity index (χ2n) is 2.88. The van der Waals surface area contributed by atoms with Crippen LogP contribution in [-0.4, -0.2) is 35.5 Å². The fourth-order valence-electron chi connectivity index (χ4n) is 0.780. The number of hydrogen-bond acceptors (Lipinski definition) is 4. The summed E-state index contributed by atoms with van der Waals surface area (Å²) in [5.41, 5.74) is 0. The van der Waals surface area contributed by atoms with Gasteiger partial charge in [0.25, 0.3) is 0 Å². The molecule has 1 aromatic rings. The van der Waals surface area contributed by atoms with Gasteiger partial charge in [-0.15, -0.1) is 0 Å². The van der Waals surface area contributed by atoms with Gasteiger partial charge in [-0.3, -0.25) is 4.99 Å². The molecule has 0 saturated heterocycles. The highest BCUT2D eigenvalue weighted by molar-refractivity contribution is 5.53. The topological polar surface area (TPSA) is 54.5 Å². The van der Waals surface area contributed by atoms with E-state index >= 15 is 0 Å². The van der Waals surface area contributed by atoms with E-state index < -0.39 is 0 Å². The fourth-order valence-corrected chi connectivity index (χ4v) is 0.780. The Kier molecular flexibility index (Phi) is 3.42. The fraction of sp³-hybridized carbons (Fsp3) is 0.625. The zero-order valence-electron chi connectivity index (χ0n) is 8.19. The third-order valence-electron chi connectivity index (χ3n) is 1.37. The van der Waals surface area contributed by atoms with E-state index in [0.29, 0.717) is 12.4 Å². The molecule has 0 amide bonds. The molecule has 0 fully saturated rings. The van der Waals surface area contributed by atoms with Crippen LogP contribution in [0.1, 0.15) is 18.6 Å². The Morgan fingerprint density at radius 3 is 2.85 bits per heavy atom. The molecule has 1 rings (SSSR count). The molecular formula is C8H14N4O. The molecule has 5 nitrogen and oxygen atoms in total. The van der Waals surface area contributed by atoms with Crippen LogP contribution >= 0.6 is 0 Å². The molecule has 0 spiro atoms. The van der Waals surface area contributed by atoms with Crippen molar-refractivity contribution < 1.29 is 4.52 Å². The Morgan fingerprint density at radius 2 is 2.31 bits per heavy atom. The smallest absolute Gasteiger partial charge is 0.248 e. The minimum absolute atomic E-state index is 0.450. The van der Waals surface area contributed by atoms with Crippen molar-refractivity contribution in [3.8, 4) is 0 Å². The highest BCUT2D eigenvalue weighted by atomic mass is 16.5. The molecule has 0 unspecified atom stereocenters. The third kappa shape index (κ3) is 3.23. The first-order valence-corrected chi connectivity index (χ1v) is 4.20. The van der Waals surface area contributed by atoms with Crippen LogP contribution in [0.15, 0.2) is 9.52 Å². The molecule has 13 heavy (non-hydrogen) atoms. The lowest BCUT2D eigenvalue weighted by Crippen LogP contribution is -2.07. The molecule has 0 saturated carbocycles. The van der Waals surface area contributed by atoms with Crippen LogP contribution < -0.4 is 0 Å². The van der Waals surface area contributed by atoms with Gasteiger partial charge in [-0.1, -0.05) is 12.1 Å². The average molecular weight is 182 g/mol. The van der Waals surface area contributed by atoms with Crippen LogP contribution in [0.5, 0.6) is 0 Å². The molecule has 0 aliphatic heterocycles. The van der Waals surface area contributed by atoms with Crippen LogP contribution in [0.25, 0.3) is 0 Å². The molecule has 0 bridgehead atoms. The van der Waals surface area contributed by atoms with Crippen LogP contribution in [0.3, 0.4) is 0 Å². The van der Waals surface area contributed by atoms with Gasteiger partial charge in [-0.25, -0.2) is 0 Å². The van der Waals surface area contributed by atoms with Crippen molar-refractivity contribution in [2.24, 2.45) is 4.99 Å². The summed E-state index contributed by atoms with van der Waals surface area (Å²) in [6, 6.07) is 0. The lowest BCUT2D eigenvalue weighted by molar-refractivity contribution is 0.375. The zero-order chi connectivity index (χ0) is 9.68. The minimum atomic E-state index is 0.450. The first-order valence-electron chi connectivity index (χ1n) is 4.20. The summed E-state index contributed by atoms with van der Waals surface area (Å²) in [6.45, 7) is 2.43. The van der Waals surface area contributed by atoms with Crippen LogP contribution in [0.4, 0.5) is 0 Å². The van der Waals surface area contributed by atoms with Crippen molar-refractivity contribution in [1.82, 2.24) is 15.0 Å². The monoisotopic (exact) mass is 182 g/mol. The number of rotatable bonds is 4. The van der Waals surface area contributed by atoms with Gasteiger partial charge in [0.2, 0.25) is 5.89 Å². The first-order chi connectivity index (χ1) is 6.22. The van der Waals surface area contributed by atoms with E-state index in [1.807, 2.05) is 25.9 Å². The number of nitrogens with zero attached hydrogens (tertiary/aromatic N) is 4. The van der Waals surface area contributed by atoms with E-state index in [1.165, 1.54) is 0 Å². The zero-order valence-corrected chi connectivity index (χ0v) is 8.19. The summed E-state index contributed by atoms with van der Waals surface area (Å²) in [7, 11) is 3.82. The lowest BCUT2D eigenvalue weighted by Gasteiger charge is -2.00. The van der Waals surface area contributed by atoms with Crippen molar-refractivity contribution in [1.29, 1.82) is 0 Å².